The number of nitrogens with two attached hydrogens (primary N) is 1. The van der Waals surface area contributed by atoms with Crippen molar-refractivity contribution in [2.75, 3.05) is 7.11 Å². The first-order chi connectivity index (χ1) is 7.61. The molecule has 96 valence electrons. The molecular formula is C12H17BrClNO2. The molecule has 3 N–H and O–H groups in total. The quantitative estimate of drug-likeness (QED) is 0.893. The molecule has 0 aliphatic heterocycles. The predicted octanol–water partition coefficient (Wildman–Crippen LogP) is 3.39. The molecular weight excluding hydrogens is 305 g/mol. The molecule has 0 amide bonds. The molecule has 3 nitrogen and oxygen atoms in total. The molecule has 1 atom stereocenters. The minimum absolute atomic E-state index is 0. The van der Waals surface area contributed by atoms with Crippen LogP contribution in [0.1, 0.15) is 30.9 Å². The topological polar surface area (TPSA) is 55.5 Å². The van der Waals surface area contributed by atoms with Gasteiger partial charge in [-0.2, -0.15) is 0 Å². The Bertz CT molecular complexity index is 396. The molecule has 0 heterocycles. The van der Waals surface area contributed by atoms with Crippen LogP contribution in [0.4, 0.5) is 0 Å². The average Bonchev–Trinajstić information content (AvgIpc) is 3.05. The summed E-state index contributed by atoms with van der Waals surface area (Å²) < 4.78 is 5.73. The maximum atomic E-state index is 9.69. The monoisotopic (exact) mass is 321 g/mol. The second kappa shape index (κ2) is 5.94. The number of halogens is 2. The molecule has 1 fully saturated rings. The Morgan fingerprint density at radius 3 is 2.71 bits per heavy atom. The van der Waals surface area contributed by atoms with Crippen molar-refractivity contribution in [3.8, 4) is 11.5 Å². The lowest BCUT2D eigenvalue weighted by Gasteiger charge is -2.14. The molecule has 0 bridgehead atoms. The van der Waals surface area contributed by atoms with Crippen LogP contribution in [-0.4, -0.2) is 12.2 Å². The van der Waals surface area contributed by atoms with Crippen molar-refractivity contribution in [3.05, 3.63) is 22.2 Å². The number of aromatic hydroxyl groups is 1. The highest BCUT2D eigenvalue weighted by molar-refractivity contribution is 9.10. The van der Waals surface area contributed by atoms with Crippen LogP contribution in [0.5, 0.6) is 11.5 Å². The third kappa shape index (κ3) is 3.50. The summed E-state index contributed by atoms with van der Waals surface area (Å²) in [5.74, 6) is 1.38. The van der Waals surface area contributed by atoms with Gasteiger partial charge in [-0.25, -0.2) is 0 Å². The Labute approximate surface area is 116 Å². The summed E-state index contributed by atoms with van der Waals surface area (Å²) in [5.41, 5.74) is 7.13. The SMILES string of the molecule is COc1cc([C@@H](N)CC2CC2)cc(Br)c1O.Cl. The number of ether oxygens (including phenoxy) is 1. The molecule has 0 radical (unpaired) electrons. The number of benzene rings is 1. The largest absolute Gasteiger partial charge is 0.503 e. The molecule has 1 aromatic rings. The van der Waals surface area contributed by atoms with E-state index in [1.54, 1.807) is 0 Å². The van der Waals surface area contributed by atoms with Gasteiger partial charge in [0.1, 0.15) is 0 Å². The minimum atomic E-state index is 0. The summed E-state index contributed by atoms with van der Waals surface area (Å²) in [4.78, 5) is 0. The second-order valence-electron chi connectivity index (χ2n) is 4.34. The Hall–Kier alpha value is -0.450. The molecule has 0 saturated heterocycles. The molecule has 1 aromatic carbocycles. The Balaban J connectivity index is 0.00000144. The predicted molar refractivity (Wildman–Crippen MR) is 73.9 cm³/mol. The van der Waals surface area contributed by atoms with Crippen LogP contribution in [0, 0.1) is 5.92 Å². The zero-order chi connectivity index (χ0) is 11.7. The van der Waals surface area contributed by atoms with E-state index in [1.165, 1.54) is 20.0 Å². The first-order valence-electron chi connectivity index (χ1n) is 5.43. The molecule has 1 saturated carbocycles. The van der Waals surface area contributed by atoms with E-state index in [-0.39, 0.29) is 24.2 Å². The van der Waals surface area contributed by atoms with Gasteiger partial charge < -0.3 is 15.6 Å². The van der Waals surface area contributed by atoms with Gasteiger partial charge in [0.05, 0.1) is 11.6 Å². The van der Waals surface area contributed by atoms with E-state index in [0.717, 1.165) is 17.9 Å². The van der Waals surface area contributed by atoms with Crippen LogP contribution in [0.3, 0.4) is 0 Å². The number of rotatable bonds is 4. The molecule has 1 aliphatic carbocycles. The number of hydrogen-bond donors (Lipinski definition) is 2. The van der Waals surface area contributed by atoms with Crippen LogP contribution in [0.2, 0.25) is 0 Å². The smallest absolute Gasteiger partial charge is 0.172 e. The average molecular weight is 323 g/mol. The van der Waals surface area contributed by atoms with E-state index < -0.39 is 0 Å². The molecule has 0 aromatic heterocycles. The van der Waals surface area contributed by atoms with Crippen LogP contribution < -0.4 is 10.5 Å². The van der Waals surface area contributed by atoms with Crippen LogP contribution in [-0.2, 0) is 0 Å². The highest BCUT2D eigenvalue weighted by atomic mass is 79.9. The fourth-order valence-electron chi connectivity index (χ4n) is 1.81. The highest BCUT2D eigenvalue weighted by Crippen LogP contribution is 2.40. The first kappa shape index (κ1) is 14.6. The van der Waals surface area contributed by atoms with E-state index in [1.807, 2.05) is 12.1 Å². The minimum Gasteiger partial charge on any atom is -0.503 e. The van der Waals surface area contributed by atoms with Crippen molar-refractivity contribution >= 4 is 28.3 Å². The number of methoxy groups -OCH3 is 1. The molecule has 2 rings (SSSR count). The number of hydrogen-bond acceptors (Lipinski definition) is 3. The van der Waals surface area contributed by atoms with Gasteiger partial charge in [-0.05, 0) is 46.0 Å². The van der Waals surface area contributed by atoms with Crippen molar-refractivity contribution in [2.24, 2.45) is 11.7 Å². The van der Waals surface area contributed by atoms with Crippen LogP contribution in [0.25, 0.3) is 0 Å². The summed E-state index contributed by atoms with van der Waals surface area (Å²) in [7, 11) is 1.54. The molecule has 5 heteroatoms. The molecule has 17 heavy (non-hydrogen) atoms. The summed E-state index contributed by atoms with van der Waals surface area (Å²) in [6, 6.07) is 3.70. The van der Waals surface area contributed by atoms with E-state index in [9.17, 15) is 5.11 Å². The Morgan fingerprint density at radius 2 is 2.18 bits per heavy atom. The Morgan fingerprint density at radius 1 is 1.53 bits per heavy atom. The van der Waals surface area contributed by atoms with E-state index in [2.05, 4.69) is 15.9 Å². The van der Waals surface area contributed by atoms with Gasteiger partial charge in [-0.3, -0.25) is 0 Å². The fraction of sp³-hybridized carbons (Fsp3) is 0.500. The third-order valence-corrected chi connectivity index (χ3v) is 3.59. The molecule has 0 spiro atoms. The summed E-state index contributed by atoms with van der Waals surface area (Å²) >= 11 is 3.30. The van der Waals surface area contributed by atoms with Crippen LogP contribution >= 0.6 is 28.3 Å². The van der Waals surface area contributed by atoms with Crippen molar-refractivity contribution in [1.29, 1.82) is 0 Å². The summed E-state index contributed by atoms with van der Waals surface area (Å²) in [6.07, 6.45) is 3.61. The van der Waals surface area contributed by atoms with Crippen molar-refractivity contribution in [3.63, 3.8) is 0 Å². The standard InChI is InChI=1S/C12H16BrNO2.ClH/c1-16-11-6-8(5-9(13)12(11)15)10(14)4-7-2-3-7;/h5-7,10,15H,2-4,14H2,1H3;1H/t10-;/m0./s1. The van der Waals surface area contributed by atoms with Gasteiger partial charge in [-0.1, -0.05) is 12.8 Å². The summed E-state index contributed by atoms with van der Waals surface area (Å²) in [6.45, 7) is 0. The molecule has 1 aliphatic rings. The highest BCUT2D eigenvalue weighted by Gasteiger charge is 2.25. The maximum Gasteiger partial charge on any atom is 0.172 e. The van der Waals surface area contributed by atoms with Gasteiger partial charge >= 0.3 is 0 Å². The van der Waals surface area contributed by atoms with E-state index >= 15 is 0 Å². The van der Waals surface area contributed by atoms with Crippen molar-refractivity contribution in [2.45, 2.75) is 25.3 Å². The zero-order valence-corrected chi connectivity index (χ0v) is 12.1. The van der Waals surface area contributed by atoms with Gasteiger partial charge in [0.2, 0.25) is 0 Å². The second-order valence-corrected chi connectivity index (χ2v) is 5.19. The number of phenolic OH excluding ortho intramolecular Hbond substituents is 1. The lowest BCUT2D eigenvalue weighted by Crippen LogP contribution is -2.11. The van der Waals surface area contributed by atoms with Gasteiger partial charge in [0, 0.05) is 6.04 Å². The maximum absolute atomic E-state index is 9.69. The van der Waals surface area contributed by atoms with Gasteiger partial charge in [0.25, 0.3) is 0 Å². The van der Waals surface area contributed by atoms with Crippen molar-refractivity contribution in [1.82, 2.24) is 0 Å². The summed E-state index contributed by atoms with van der Waals surface area (Å²) in [5, 5.41) is 9.69. The lowest BCUT2D eigenvalue weighted by molar-refractivity contribution is 0.370. The van der Waals surface area contributed by atoms with Crippen LogP contribution in [0.15, 0.2) is 16.6 Å². The zero-order valence-electron chi connectivity index (χ0n) is 9.65. The van der Waals surface area contributed by atoms with E-state index in [4.69, 9.17) is 10.5 Å². The third-order valence-electron chi connectivity index (χ3n) is 2.98. The first-order valence-corrected chi connectivity index (χ1v) is 6.23. The Kier molecular flexibility index (Phi) is 5.10. The normalized spacial score (nSPS) is 16.2. The fourth-order valence-corrected chi connectivity index (χ4v) is 2.27. The van der Waals surface area contributed by atoms with Gasteiger partial charge in [0.15, 0.2) is 11.5 Å². The van der Waals surface area contributed by atoms with Crippen molar-refractivity contribution < 1.29 is 9.84 Å². The number of phenols is 1. The van der Waals surface area contributed by atoms with Gasteiger partial charge in [-0.15, -0.1) is 12.4 Å². The lowest BCUT2D eigenvalue weighted by atomic mass is 10.0. The van der Waals surface area contributed by atoms with E-state index in [0.29, 0.717) is 10.2 Å². The molecule has 0 unspecified atom stereocenters.